The van der Waals surface area contributed by atoms with E-state index in [0.29, 0.717) is 17.9 Å². The van der Waals surface area contributed by atoms with Crippen LogP contribution >= 0.6 is 0 Å². The van der Waals surface area contributed by atoms with Crippen LogP contribution < -0.4 is 11.1 Å². The van der Waals surface area contributed by atoms with E-state index in [0.717, 1.165) is 38.5 Å². The molecule has 1 aliphatic carbocycles. The molecule has 3 aliphatic rings. The second-order valence-electron chi connectivity index (χ2n) is 5.80. The Bertz CT molecular complexity index is 279. The first-order valence-electron chi connectivity index (χ1n) is 7.24. The topological polar surface area (TPSA) is 47.3 Å². The molecule has 2 saturated heterocycles. The summed E-state index contributed by atoms with van der Waals surface area (Å²) in [6, 6.07) is -0.0374. The zero-order chi connectivity index (χ0) is 11.9. The number of ether oxygens (including phenoxy) is 1. The summed E-state index contributed by atoms with van der Waals surface area (Å²) in [6.07, 6.45) is 5.46. The van der Waals surface area contributed by atoms with E-state index in [1.165, 1.54) is 19.3 Å². The molecule has 3 fully saturated rings. The lowest BCUT2D eigenvalue weighted by molar-refractivity contribution is 0.0593. The fourth-order valence-electron chi connectivity index (χ4n) is 3.79. The molecule has 0 amide bonds. The van der Waals surface area contributed by atoms with Crippen molar-refractivity contribution in [3.63, 3.8) is 0 Å². The van der Waals surface area contributed by atoms with Crippen molar-refractivity contribution in [2.24, 2.45) is 23.5 Å². The number of hydrogen-bond acceptors (Lipinski definition) is 3. The minimum absolute atomic E-state index is 0.610. The van der Waals surface area contributed by atoms with Crippen LogP contribution in [-0.2, 0) is 4.74 Å². The molecule has 92 valence electrons. The normalized spacial score (nSPS) is 50.3. The van der Waals surface area contributed by atoms with Gasteiger partial charge in [-0.25, -0.2) is 0 Å². The average Bonchev–Trinajstić information content (AvgIpc) is 2.77. The molecule has 0 aromatic carbocycles. The molecule has 0 radical (unpaired) electrons. The highest BCUT2D eigenvalue weighted by Gasteiger charge is 2.42. The van der Waals surface area contributed by atoms with Crippen molar-refractivity contribution in [1.29, 1.82) is 0 Å². The molecule has 0 aromatic heterocycles. The van der Waals surface area contributed by atoms with Crippen LogP contribution in [0.15, 0.2) is 0 Å². The molecule has 4 unspecified atom stereocenters. The summed E-state index contributed by atoms with van der Waals surface area (Å²) in [4.78, 5) is 0. The van der Waals surface area contributed by atoms with Crippen molar-refractivity contribution in [2.75, 3.05) is 19.8 Å². The SMILES string of the molecule is [2H]C1(N)CC2CNC(CC3CCOCC3)C2C1. The van der Waals surface area contributed by atoms with E-state index < -0.39 is 6.02 Å². The third-order valence-corrected chi connectivity index (χ3v) is 4.71. The second kappa shape index (κ2) is 4.63. The quantitative estimate of drug-likeness (QED) is 0.740. The molecule has 3 nitrogen and oxygen atoms in total. The minimum Gasteiger partial charge on any atom is -0.381 e. The second-order valence-corrected chi connectivity index (χ2v) is 5.80. The number of nitrogens with one attached hydrogen (secondary N) is 1. The van der Waals surface area contributed by atoms with Gasteiger partial charge in [0.2, 0.25) is 0 Å². The van der Waals surface area contributed by atoms with E-state index >= 15 is 0 Å². The molecule has 3 rings (SSSR count). The summed E-state index contributed by atoms with van der Waals surface area (Å²) in [5.41, 5.74) is 5.98. The fourth-order valence-corrected chi connectivity index (χ4v) is 3.79. The molecule has 3 N–H and O–H groups in total. The average molecular weight is 225 g/mol. The van der Waals surface area contributed by atoms with Gasteiger partial charge in [0.1, 0.15) is 0 Å². The number of rotatable bonds is 2. The van der Waals surface area contributed by atoms with Gasteiger partial charge >= 0.3 is 0 Å². The molecule has 16 heavy (non-hydrogen) atoms. The van der Waals surface area contributed by atoms with Crippen LogP contribution in [0.3, 0.4) is 0 Å². The summed E-state index contributed by atoms with van der Waals surface area (Å²) in [5, 5.41) is 3.66. The summed E-state index contributed by atoms with van der Waals surface area (Å²) >= 11 is 0. The Morgan fingerprint density at radius 3 is 2.94 bits per heavy atom. The highest BCUT2D eigenvalue weighted by Crippen LogP contribution is 2.39. The maximum Gasteiger partial charge on any atom is 0.0468 e. The molecule has 2 heterocycles. The maximum absolute atomic E-state index is 8.02. The Morgan fingerprint density at radius 1 is 1.31 bits per heavy atom. The monoisotopic (exact) mass is 225 g/mol. The number of nitrogens with two attached hydrogens (primary N) is 1. The van der Waals surface area contributed by atoms with Gasteiger partial charge in [-0.2, -0.15) is 0 Å². The van der Waals surface area contributed by atoms with Gasteiger partial charge in [-0.15, -0.1) is 0 Å². The van der Waals surface area contributed by atoms with Crippen molar-refractivity contribution in [3.8, 4) is 0 Å². The van der Waals surface area contributed by atoms with E-state index in [1.807, 2.05) is 0 Å². The van der Waals surface area contributed by atoms with Crippen molar-refractivity contribution >= 4 is 0 Å². The lowest BCUT2D eigenvalue weighted by Crippen LogP contribution is -2.33. The standard InChI is InChI=1S/C13H24N2O/c14-11-6-10-8-15-13(12(10)7-11)5-9-1-3-16-4-2-9/h9-13,15H,1-8,14H2/i11D. The molecule has 0 spiro atoms. The van der Waals surface area contributed by atoms with E-state index in [1.54, 1.807) is 0 Å². The zero-order valence-corrected chi connectivity index (χ0v) is 9.95. The minimum atomic E-state index is -0.647. The lowest BCUT2D eigenvalue weighted by Gasteiger charge is -2.27. The largest absolute Gasteiger partial charge is 0.381 e. The van der Waals surface area contributed by atoms with Crippen LogP contribution in [-0.4, -0.2) is 31.8 Å². The third-order valence-electron chi connectivity index (χ3n) is 4.71. The summed E-state index contributed by atoms with van der Waals surface area (Å²) < 4.78 is 13.4. The van der Waals surface area contributed by atoms with Crippen LogP contribution in [0.4, 0.5) is 0 Å². The summed E-state index contributed by atoms with van der Waals surface area (Å²) in [5.74, 6) is 2.13. The van der Waals surface area contributed by atoms with Crippen molar-refractivity contribution in [3.05, 3.63) is 0 Å². The molecular formula is C13H24N2O. The maximum atomic E-state index is 8.02. The molecule has 4 atom stereocenters. The number of hydrogen-bond donors (Lipinski definition) is 2. The van der Waals surface area contributed by atoms with Crippen LogP contribution in [0, 0.1) is 17.8 Å². The van der Waals surface area contributed by atoms with Gasteiger partial charge in [-0.05, 0) is 56.4 Å². The number of fused-ring (bicyclic) bond motifs is 1. The Kier molecular flexibility index (Phi) is 2.86. The Morgan fingerprint density at radius 2 is 2.12 bits per heavy atom. The van der Waals surface area contributed by atoms with Crippen LogP contribution in [0.1, 0.15) is 33.5 Å². The van der Waals surface area contributed by atoms with Crippen LogP contribution in [0.2, 0.25) is 0 Å². The zero-order valence-electron chi connectivity index (χ0n) is 11.0. The van der Waals surface area contributed by atoms with Gasteiger partial charge in [0.15, 0.2) is 0 Å². The van der Waals surface area contributed by atoms with Gasteiger partial charge in [0.25, 0.3) is 0 Å². The third kappa shape index (κ3) is 2.13. The fraction of sp³-hybridized carbons (Fsp3) is 1.00. The molecular weight excluding hydrogens is 200 g/mol. The Balaban J connectivity index is 1.57. The molecule has 1 saturated carbocycles. The highest BCUT2D eigenvalue weighted by atomic mass is 16.5. The van der Waals surface area contributed by atoms with E-state index in [4.69, 9.17) is 11.8 Å². The first-order valence-corrected chi connectivity index (χ1v) is 6.74. The van der Waals surface area contributed by atoms with Gasteiger partial charge in [0, 0.05) is 26.6 Å². The Hall–Kier alpha value is -0.120. The van der Waals surface area contributed by atoms with Crippen molar-refractivity contribution in [1.82, 2.24) is 5.32 Å². The molecule has 2 aliphatic heterocycles. The predicted molar refractivity (Wildman–Crippen MR) is 64.1 cm³/mol. The smallest absolute Gasteiger partial charge is 0.0468 e. The summed E-state index contributed by atoms with van der Waals surface area (Å²) in [7, 11) is 0. The highest BCUT2D eigenvalue weighted by molar-refractivity contribution is 4.98. The van der Waals surface area contributed by atoms with Crippen LogP contribution in [0.5, 0.6) is 0 Å². The van der Waals surface area contributed by atoms with Gasteiger partial charge in [-0.1, -0.05) is 0 Å². The van der Waals surface area contributed by atoms with E-state index in [2.05, 4.69) is 5.32 Å². The molecule has 3 heteroatoms. The van der Waals surface area contributed by atoms with Gasteiger partial charge in [0.05, 0.1) is 0 Å². The lowest BCUT2D eigenvalue weighted by atomic mass is 9.85. The van der Waals surface area contributed by atoms with Crippen molar-refractivity contribution in [2.45, 2.75) is 44.2 Å². The van der Waals surface area contributed by atoms with E-state index in [9.17, 15) is 0 Å². The van der Waals surface area contributed by atoms with Gasteiger partial charge in [-0.3, -0.25) is 0 Å². The van der Waals surface area contributed by atoms with Gasteiger partial charge < -0.3 is 15.8 Å². The van der Waals surface area contributed by atoms with Crippen molar-refractivity contribution < 1.29 is 6.11 Å². The summed E-state index contributed by atoms with van der Waals surface area (Å²) in [6.45, 7) is 2.95. The molecule has 0 aromatic rings. The first-order chi connectivity index (χ1) is 8.14. The Labute approximate surface area is 99.5 Å². The van der Waals surface area contributed by atoms with Crippen LogP contribution in [0.25, 0.3) is 0 Å². The first kappa shape index (κ1) is 9.86. The van der Waals surface area contributed by atoms with E-state index in [-0.39, 0.29) is 0 Å². The molecule has 0 bridgehead atoms. The predicted octanol–water partition coefficient (Wildman–Crippen LogP) is 1.13.